The maximum Gasteiger partial charge on any atom is 0.328 e. The van der Waals surface area contributed by atoms with Gasteiger partial charge in [-0.3, -0.25) is 0 Å². The van der Waals surface area contributed by atoms with Crippen molar-refractivity contribution < 1.29 is 24.5 Å². The van der Waals surface area contributed by atoms with Gasteiger partial charge in [0.1, 0.15) is 5.75 Å². The zero-order valence-corrected chi connectivity index (χ0v) is 14.5. The Morgan fingerprint density at radius 1 is 1.15 bits per heavy atom. The number of carboxylic acids is 2. The molecule has 0 unspecified atom stereocenters. The number of methoxy groups -OCH3 is 1. The zero-order valence-electron chi connectivity index (χ0n) is 14.5. The Balaban J connectivity index is 0.000000260. The molecule has 1 aliphatic carbocycles. The molecule has 0 saturated carbocycles. The van der Waals surface area contributed by atoms with Gasteiger partial charge in [-0.05, 0) is 48.2 Å². The summed E-state index contributed by atoms with van der Waals surface area (Å²) in [6.07, 6.45) is 5.46. The van der Waals surface area contributed by atoms with Crippen LogP contribution in [0, 0.1) is 0 Å². The van der Waals surface area contributed by atoms with Gasteiger partial charge in [0.05, 0.1) is 12.8 Å². The number of nitrogens with zero attached hydrogens (tertiary/aromatic N) is 1. The van der Waals surface area contributed by atoms with E-state index in [1.165, 1.54) is 22.4 Å². The molecule has 138 valence electrons. The van der Waals surface area contributed by atoms with Crippen molar-refractivity contribution in [1.29, 1.82) is 0 Å². The van der Waals surface area contributed by atoms with E-state index in [4.69, 9.17) is 20.7 Å². The Hall–Kier alpha value is -3.06. The highest BCUT2D eigenvalue weighted by molar-refractivity contribution is 5.89. The van der Waals surface area contributed by atoms with Crippen LogP contribution < -0.4 is 10.5 Å². The Bertz CT molecular complexity index is 807. The van der Waals surface area contributed by atoms with Gasteiger partial charge in [-0.2, -0.15) is 0 Å². The summed E-state index contributed by atoms with van der Waals surface area (Å²) in [6, 6.07) is 8.57. The highest BCUT2D eigenvalue weighted by Crippen LogP contribution is 2.36. The van der Waals surface area contributed by atoms with E-state index in [0.29, 0.717) is 18.7 Å². The van der Waals surface area contributed by atoms with E-state index in [9.17, 15) is 9.59 Å². The van der Waals surface area contributed by atoms with Crippen LogP contribution in [0.5, 0.6) is 5.75 Å². The van der Waals surface area contributed by atoms with Crippen molar-refractivity contribution in [2.45, 2.75) is 19.4 Å². The summed E-state index contributed by atoms with van der Waals surface area (Å²) >= 11 is 0. The van der Waals surface area contributed by atoms with E-state index in [1.54, 1.807) is 7.11 Å². The molecule has 26 heavy (non-hydrogen) atoms. The van der Waals surface area contributed by atoms with Crippen molar-refractivity contribution in [1.82, 2.24) is 4.57 Å². The number of rotatable bonds is 5. The smallest absolute Gasteiger partial charge is 0.328 e. The lowest BCUT2D eigenvalue weighted by atomic mass is 9.90. The first-order valence-electron chi connectivity index (χ1n) is 8.15. The summed E-state index contributed by atoms with van der Waals surface area (Å²) in [6.45, 7) is 1.55. The third kappa shape index (κ3) is 4.73. The molecule has 1 aromatic carbocycles. The van der Waals surface area contributed by atoms with Crippen molar-refractivity contribution in [2.24, 2.45) is 5.73 Å². The fourth-order valence-corrected chi connectivity index (χ4v) is 2.92. The minimum atomic E-state index is -1.26. The molecule has 4 N–H and O–H groups in total. The first kappa shape index (κ1) is 19.3. The van der Waals surface area contributed by atoms with E-state index < -0.39 is 11.9 Å². The zero-order chi connectivity index (χ0) is 19.1. The third-order valence-electron chi connectivity index (χ3n) is 4.02. The van der Waals surface area contributed by atoms with Crippen LogP contribution in [-0.4, -0.2) is 40.4 Å². The van der Waals surface area contributed by atoms with Gasteiger partial charge in [0, 0.05) is 37.0 Å². The quantitative estimate of drug-likeness (QED) is 0.704. The standard InChI is InChI=1S/C15H18N2O.C4H4O4/c1-18-13-4-5-14-12(10-13)3-2-11-6-8-17(9-7-16)15(11)14;5-3(6)1-2-4(7)8/h4-6,8,10H,2-3,7,9,16H2,1H3;1-2H,(H,5,6)(H,7,8). The molecule has 0 fully saturated rings. The second-order valence-electron chi connectivity index (χ2n) is 5.70. The number of nitrogens with two attached hydrogens (primary N) is 1. The van der Waals surface area contributed by atoms with E-state index in [2.05, 4.69) is 29.0 Å². The van der Waals surface area contributed by atoms with Crippen LogP contribution in [0.3, 0.4) is 0 Å². The van der Waals surface area contributed by atoms with Crippen molar-refractivity contribution >= 4 is 11.9 Å². The van der Waals surface area contributed by atoms with Crippen LogP contribution in [0.25, 0.3) is 11.3 Å². The van der Waals surface area contributed by atoms with E-state index >= 15 is 0 Å². The number of hydrogen-bond donors (Lipinski definition) is 3. The number of aliphatic carboxylic acids is 2. The van der Waals surface area contributed by atoms with Gasteiger partial charge in [-0.15, -0.1) is 0 Å². The minimum absolute atomic E-state index is 0.558. The Morgan fingerprint density at radius 2 is 1.81 bits per heavy atom. The fourth-order valence-electron chi connectivity index (χ4n) is 2.92. The molecule has 0 atom stereocenters. The summed E-state index contributed by atoms with van der Waals surface area (Å²) in [5.74, 6) is -1.58. The highest BCUT2D eigenvalue weighted by atomic mass is 16.5. The van der Waals surface area contributed by atoms with Gasteiger partial charge in [0.15, 0.2) is 0 Å². The monoisotopic (exact) mass is 358 g/mol. The average molecular weight is 358 g/mol. The van der Waals surface area contributed by atoms with Gasteiger partial charge in [0.25, 0.3) is 0 Å². The summed E-state index contributed by atoms with van der Waals surface area (Å²) < 4.78 is 7.56. The summed E-state index contributed by atoms with van der Waals surface area (Å²) in [5.41, 5.74) is 11.1. The minimum Gasteiger partial charge on any atom is -0.497 e. The molecule has 7 heteroatoms. The maximum absolute atomic E-state index is 9.55. The third-order valence-corrected chi connectivity index (χ3v) is 4.02. The molecule has 0 saturated heterocycles. The first-order valence-corrected chi connectivity index (χ1v) is 8.15. The lowest BCUT2D eigenvalue weighted by molar-refractivity contribution is -0.134. The molecule has 7 nitrogen and oxygen atoms in total. The predicted molar refractivity (Wildman–Crippen MR) is 97.3 cm³/mol. The molecular weight excluding hydrogens is 336 g/mol. The fraction of sp³-hybridized carbons (Fsp3) is 0.263. The number of carboxylic acid groups (broad SMARTS) is 2. The van der Waals surface area contributed by atoms with Crippen molar-refractivity contribution in [3.63, 3.8) is 0 Å². The van der Waals surface area contributed by atoms with Crippen LogP contribution >= 0.6 is 0 Å². The van der Waals surface area contributed by atoms with Gasteiger partial charge in [-0.1, -0.05) is 0 Å². The average Bonchev–Trinajstić information content (AvgIpc) is 3.04. The lowest BCUT2D eigenvalue weighted by Gasteiger charge is -2.20. The van der Waals surface area contributed by atoms with Crippen molar-refractivity contribution in [3.8, 4) is 17.0 Å². The molecule has 0 spiro atoms. The van der Waals surface area contributed by atoms with Crippen LogP contribution in [0.15, 0.2) is 42.6 Å². The SMILES string of the molecule is COc1ccc2c(c1)CCc1ccn(CCN)c1-2.O=C(O)C=CC(=O)O. The Morgan fingerprint density at radius 3 is 2.38 bits per heavy atom. The molecule has 2 aromatic rings. The molecular formula is C19H22N2O5. The van der Waals surface area contributed by atoms with Crippen molar-refractivity contribution in [3.05, 3.63) is 53.7 Å². The number of fused-ring (bicyclic) bond motifs is 3. The Labute approximate surface area is 151 Å². The first-order chi connectivity index (χ1) is 12.5. The molecule has 3 rings (SSSR count). The van der Waals surface area contributed by atoms with E-state index in [0.717, 1.165) is 25.1 Å². The highest BCUT2D eigenvalue weighted by Gasteiger charge is 2.19. The van der Waals surface area contributed by atoms with Crippen LogP contribution in [0.2, 0.25) is 0 Å². The molecule has 1 heterocycles. The number of aryl methyl sites for hydroxylation is 2. The lowest BCUT2D eigenvalue weighted by Crippen LogP contribution is -2.12. The topological polar surface area (TPSA) is 115 Å². The summed E-state index contributed by atoms with van der Waals surface area (Å²) in [5, 5.41) is 15.6. The molecule has 0 amide bonds. The maximum atomic E-state index is 9.55. The Kier molecular flexibility index (Phi) is 6.57. The second-order valence-corrected chi connectivity index (χ2v) is 5.70. The second kappa shape index (κ2) is 8.87. The molecule has 0 bridgehead atoms. The molecule has 1 aromatic heterocycles. The number of benzene rings is 1. The van der Waals surface area contributed by atoms with E-state index in [1.807, 2.05) is 6.07 Å². The van der Waals surface area contributed by atoms with Crippen LogP contribution in [0.1, 0.15) is 11.1 Å². The van der Waals surface area contributed by atoms with Crippen LogP contribution in [0.4, 0.5) is 0 Å². The number of aromatic nitrogens is 1. The molecule has 0 radical (unpaired) electrons. The van der Waals surface area contributed by atoms with Gasteiger partial charge >= 0.3 is 11.9 Å². The number of ether oxygens (including phenoxy) is 1. The van der Waals surface area contributed by atoms with Gasteiger partial charge in [0.2, 0.25) is 0 Å². The number of hydrogen-bond acceptors (Lipinski definition) is 4. The van der Waals surface area contributed by atoms with Crippen molar-refractivity contribution in [2.75, 3.05) is 13.7 Å². The largest absolute Gasteiger partial charge is 0.497 e. The van der Waals surface area contributed by atoms with Gasteiger partial charge < -0.3 is 25.3 Å². The van der Waals surface area contributed by atoms with Crippen LogP contribution in [-0.2, 0) is 29.0 Å². The molecule has 1 aliphatic rings. The van der Waals surface area contributed by atoms with Gasteiger partial charge in [-0.25, -0.2) is 9.59 Å². The summed E-state index contributed by atoms with van der Waals surface area (Å²) in [4.78, 5) is 19.1. The summed E-state index contributed by atoms with van der Waals surface area (Å²) in [7, 11) is 1.72. The molecule has 0 aliphatic heterocycles. The normalized spacial score (nSPS) is 11.9. The number of carbonyl (C=O) groups is 2. The van der Waals surface area contributed by atoms with E-state index in [-0.39, 0.29) is 0 Å². The predicted octanol–water partition coefficient (Wildman–Crippen LogP) is 1.93.